The zero-order chi connectivity index (χ0) is 14.1. The Morgan fingerprint density at radius 2 is 2.20 bits per heavy atom. The Bertz CT molecular complexity index is 774. The van der Waals surface area contributed by atoms with Gasteiger partial charge in [-0.3, -0.25) is 0 Å². The van der Waals surface area contributed by atoms with Crippen molar-refractivity contribution in [2.75, 3.05) is 5.32 Å². The number of para-hydroxylation sites is 2. The minimum Gasteiger partial charge on any atom is -0.424 e. The average Bonchev–Trinajstić information content (AvgIpc) is 2.99. The summed E-state index contributed by atoms with van der Waals surface area (Å²) >= 11 is 0. The highest BCUT2D eigenvalue weighted by molar-refractivity contribution is 5.74. The van der Waals surface area contributed by atoms with Crippen molar-refractivity contribution in [3.63, 3.8) is 0 Å². The van der Waals surface area contributed by atoms with Gasteiger partial charge in [-0.1, -0.05) is 12.1 Å². The molecule has 100 valence electrons. The minimum absolute atomic E-state index is 0.493. The van der Waals surface area contributed by atoms with E-state index in [0.717, 1.165) is 22.4 Å². The molecule has 5 heteroatoms. The molecule has 0 saturated heterocycles. The van der Waals surface area contributed by atoms with Crippen molar-refractivity contribution < 1.29 is 4.42 Å². The first-order valence-corrected chi connectivity index (χ1v) is 6.34. The van der Waals surface area contributed by atoms with Gasteiger partial charge in [-0.15, -0.1) is 0 Å². The molecule has 0 aliphatic rings. The maximum atomic E-state index is 9.01. The van der Waals surface area contributed by atoms with E-state index in [1.54, 1.807) is 0 Å². The molecule has 2 heterocycles. The van der Waals surface area contributed by atoms with Gasteiger partial charge in [0.1, 0.15) is 17.3 Å². The Morgan fingerprint density at radius 3 is 2.90 bits per heavy atom. The monoisotopic (exact) mass is 266 g/mol. The third kappa shape index (κ3) is 2.01. The highest BCUT2D eigenvalue weighted by Gasteiger charge is 2.10. The number of anilines is 1. The first-order valence-electron chi connectivity index (χ1n) is 6.34. The number of oxazole rings is 1. The molecule has 1 aromatic carbocycles. The van der Waals surface area contributed by atoms with Crippen LogP contribution in [0.4, 0.5) is 6.01 Å². The topological polar surface area (TPSA) is 66.8 Å². The Morgan fingerprint density at radius 1 is 1.40 bits per heavy atom. The number of fused-ring (bicyclic) bond motifs is 1. The molecule has 2 aromatic heterocycles. The van der Waals surface area contributed by atoms with E-state index in [0.29, 0.717) is 18.3 Å². The Balaban J connectivity index is 1.81. The van der Waals surface area contributed by atoms with Gasteiger partial charge in [-0.05, 0) is 30.7 Å². The summed E-state index contributed by atoms with van der Waals surface area (Å²) in [4.78, 5) is 4.36. The molecular weight excluding hydrogens is 252 g/mol. The molecule has 0 aliphatic heterocycles. The molecule has 0 saturated carbocycles. The number of nitrogens with one attached hydrogen (secondary N) is 1. The van der Waals surface area contributed by atoms with Crippen molar-refractivity contribution in [2.24, 2.45) is 7.05 Å². The SMILES string of the molecule is Cc1c(CNc2nc3ccccc3o2)cc(C#N)n1C. The van der Waals surface area contributed by atoms with E-state index in [4.69, 9.17) is 9.68 Å². The van der Waals surface area contributed by atoms with E-state index < -0.39 is 0 Å². The predicted molar refractivity (Wildman–Crippen MR) is 76.2 cm³/mol. The third-order valence-electron chi connectivity index (χ3n) is 3.48. The summed E-state index contributed by atoms with van der Waals surface area (Å²) in [6.07, 6.45) is 0. The normalized spacial score (nSPS) is 10.7. The number of hydrogen-bond donors (Lipinski definition) is 1. The van der Waals surface area contributed by atoms with E-state index in [9.17, 15) is 0 Å². The number of nitrogens with zero attached hydrogens (tertiary/aromatic N) is 3. The summed E-state index contributed by atoms with van der Waals surface area (Å²) in [7, 11) is 1.89. The van der Waals surface area contributed by atoms with Crippen LogP contribution < -0.4 is 5.32 Å². The van der Waals surface area contributed by atoms with Crippen LogP contribution in [-0.2, 0) is 13.6 Å². The molecule has 0 spiro atoms. The minimum atomic E-state index is 0.493. The van der Waals surface area contributed by atoms with Gasteiger partial charge in [0.05, 0.1) is 0 Å². The molecular formula is C15H14N4O. The molecule has 0 atom stereocenters. The van der Waals surface area contributed by atoms with E-state index >= 15 is 0 Å². The van der Waals surface area contributed by atoms with Crippen LogP contribution in [0, 0.1) is 18.3 Å². The second kappa shape index (κ2) is 4.74. The molecule has 0 bridgehead atoms. The van der Waals surface area contributed by atoms with E-state index in [2.05, 4.69) is 16.4 Å². The van der Waals surface area contributed by atoms with Gasteiger partial charge >= 0.3 is 0 Å². The molecule has 1 N–H and O–H groups in total. The average molecular weight is 266 g/mol. The van der Waals surface area contributed by atoms with Crippen LogP contribution in [0.15, 0.2) is 34.7 Å². The third-order valence-corrected chi connectivity index (χ3v) is 3.48. The van der Waals surface area contributed by atoms with Crippen LogP contribution in [-0.4, -0.2) is 9.55 Å². The molecule has 3 aromatic rings. The molecule has 3 rings (SSSR count). The lowest BCUT2D eigenvalue weighted by atomic mass is 10.2. The molecule has 0 unspecified atom stereocenters. The van der Waals surface area contributed by atoms with Crippen molar-refractivity contribution in [1.29, 1.82) is 5.26 Å². The second-order valence-electron chi connectivity index (χ2n) is 4.65. The Hall–Kier alpha value is -2.74. The highest BCUT2D eigenvalue weighted by Crippen LogP contribution is 2.20. The molecule has 5 nitrogen and oxygen atoms in total. The number of nitriles is 1. The Labute approximate surface area is 116 Å². The summed E-state index contributed by atoms with van der Waals surface area (Å²) in [5, 5.41) is 12.2. The van der Waals surface area contributed by atoms with Crippen LogP contribution in [0.2, 0.25) is 0 Å². The fraction of sp³-hybridized carbons (Fsp3) is 0.200. The van der Waals surface area contributed by atoms with Gasteiger partial charge in [0.2, 0.25) is 0 Å². The number of hydrogen-bond acceptors (Lipinski definition) is 4. The van der Waals surface area contributed by atoms with Crippen LogP contribution >= 0.6 is 0 Å². The zero-order valence-electron chi connectivity index (χ0n) is 11.3. The lowest BCUT2D eigenvalue weighted by molar-refractivity contribution is 0.614. The smallest absolute Gasteiger partial charge is 0.295 e. The van der Waals surface area contributed by atoms with Crippen molar-refractivity contribution in [3.05, 3.63) is 47.3 Å². The van der Waals surface area contributed by atoms with Gasteiger partial charge in [0, 0.05) is 19.3 Å². The van der Waals surface area contributed by atoms with Gasteiger partial charge < -0.3 is 14.3 Å². The van der Waals surface area contributed by atoms with Crippen LogP contribution in [0.1, 0.15) is 17.0 Å². The summed E-state index contributed by atoms with van der Waals surface area (Å²) in [6.45, 7) is 2.57. The van der Waals surface area contributed by atoms with Gasteiger partial charge in [-0.2, -0.15) is 10.2 Å². The molecule has 0 aliphatic carbocycles. The van der Waals surface area contributed by atoms with E-state index in [1.807, 2.05) is 48.9 Å². The Kier molecular flexibility index (Phi) is 2.92. The standard InChI is InChI=1S/C15H14N4O/c1-10-11(7-12(8-16)19(10)2)9-17-15-18-13-5-3-4-6-14(13)20-15/h3-7H,9H2,1-2H3,(H,17,18). The van der Waals surface area contributed by atoms with Crippen LogP contribution in [0.3, 0.4) is 0 Å². The summed E-state index contributed by atoms with van der Waals surface area (Å²) < 4.78 is 7.48. The predicted octanol–water partition coefficient (Wildman–Crippen LogP) is 2.96. The number of aromatic nitrogens is 2. The lowest BCUT2D eigenvalue weighted by Gasteiger charge is -2.02. The molecule has 0 amide bonds. The van der Waals surface area contributed by atoms with Gasteiger partial charge in [0.25, 0.3) is 6.01 Å². The molecule has 0 radical (unpaired) electrons. The van der Waals surface area contributed by atoms with Crippen LogP contribution in [0.5, 0.6) is 0 Å². The summed E-state index contributed by atoms with van der Waals surface area (Å²) in [5.74, 6) is 0. The summed E-state index contributed by atoms with van der Waals surface area (Å²) in [6, 6.07) is 12.2. The zero-order valence-corrected chi connectivity index (χ0v) is 11.3. The molecule has 0 fully saturated rings. The first-order chi connectivity index (χ1) is 9.69. The fourth-order valence-electron chi connectivity index (χ4n) is 2.17. The van der Waals surface area contributed by atoms with Crippen molar-refractivity contribution in [2.45, 2.75) is 13.5 Å². The lowest BCUT2D eigenvalue weighted by Crippen LogP contribution is -2.01. The largest absolute Gasteiger partial charge is 0.424 e. The number of benzene rings is 1. The second-order valence-corrected chi connectivity index (χ2v) is 4.65. The van der Waals surface area contributed by atoms with E-state index in [-0.39, 0.29) is 0 Å². The maximum Gasteiger partial charge on any atom is 0.295 e. The van der Waals surface area contributed by atoms with Crippen molar-refractivity contribution in [3.8, 4) is 6.07 Å². The fourth-order valence-corrected chi connectivity index (χ4v) is 2.17. The highest BCUT2D eigenvalue weighted by atomic mass is 16.4. The maximum absolute atomic E-state index is 9.01. The summed E-state index contributed by atoms with van der Waals surface area (Å²) in [5.41, 5.74) is 4.36. The van der Waals surface area contributed by atoms with Crippen molar-refractivity contribution >= 4 is 17.1 Å². The van der Waals surface area contributed by atoms with Gasteiger partial charge in [0.15, 0.2) is 5.58 Å². The van der Waals surface area contributed by atoms with Crippen LogP contribution in [0.25, 0.3) is 11.1 Å². The molecule has 20 heavy (non-hydrogen) atoms. The van der Waals surface area contributed by atoms with E-state index in [1.165, 1.54) is 0 Å². The van der Waals surface area contributed by atoms with Crippen molar-refractivity contribution in [1.82, 2.24) is 9.55 Å². The first kappa shape index (κ1) is 12.3. The van der Waals surface area contributed by atoms with Gasteiger partial charge in [-0.25, -0.2) is 0 Å². The number of rotatable bonds is 3. The quantitative estimate of drug-likeness (QED) is 0.791.